The van der Waals surface area contributed by atoms with Crippen LogP contribution in [-0.4, -0.2) is 30.7 Å². The molecule has 0 heterocycles. The molecule has 76 valence electrons. The lowest BCUT2D eigenvalue weighted by molar-refractivity contribution is -0.935. The van der Waals surface area contributed by atoms with E-state index in [1.165, 1.54) is 12.8 Å². The summed E-state index contributed by atoms with van der Waals surface area (Å²) in [5, 5.41) is 0. The van der Waals surface area contributed by atoms with E-state index < -0.39 is 0 Å². The molecule has 2 atom stereocenters. The van der Waals surface area contributed by atoms with E-state index >= 15 is 0 Å². The maximum Gasteiger partial charge on any atom is 0.0856 e. The van der Waals surface area contributed by atoms with E-state index in [0.717, 1.165) is 16.6 Å². The normalized spacial score (nSPS) is 16.5. The van der Waals surface area contributed by atoms with E-state index in [0.29, 0.717) is 0 Å². The van der Waals surface area contributed by atoms with Crippen molar-refractivity contribution in [3.05, 3.63) is 0 Å². The highest BCUT2D eigenvalue weighted by molar-refractivity contribution is 4.53. The van der Waals surface area contributed by atoms with Gasteiger partial charge in [-0.2, -0.15) is 0 Å². The summed E-state index contributed by atoms with van der Waals surface area (Å²) in [6, 6.07) is 1.56. The van der Waals surface area contributed by atoms with Crippen molar-refractivity contribution in [1.82, 2.24) is 0 Å². The van der Waals surface area contributed by atoms with Crippen LogP contribution in [0.3, 0.4) is 0 Å². The van der Waals surface area contributed by atoms with Crippen molar-refractivity contribution in [2.75, 3.05) is 14.1 Å². The molecule has 0 N–H and O–H groups in total. The number of nitrogens with zero attached hydrogens (tertiary/aromatic N) is 1. The van der Waals surface area contributed by atoms with E-state index in [4.69, 9.17) is 0 Å². The highest BCUT2D eigenvalue weighted by Gasteiger charge is 2.27. The minimum absolute atomic E-state index is 0. The maximum absolute atomic E-state index is 2.34. The molecular weight excluding hydrogens is 261 g/mol. The third kappa shape index (κ3) is 3.60. The Kier molecular flexibility index (Phi) is 7.83. The molecule has 0 fully saturated rings. The lowest BCUT2D eigenvalue weighted by Crippen LogP contribution is -3.00. The zero-order valence-corrected chi connectivity index (χ0v) is 11.6. The molecule has 12 heavy (non-hydrogen) atoms. The molecule has 0 aliphatic rings. The van der Waals surface area contributed by atoms with Gasteiger partial charge in [0.25, 0.3) is 0 Å². The van der Waals surface area contributed by atoms with Crippen LogP contribution < -0.4 is 24.0 Å². The molecule has 0 aliphatic carbocycles. The van der Waals surface area contributed by atoms with Gasteiger partial charge in [-0.3, -0.25) is 0 Å². The Labute approximate surface area is 95.1 Å². The first-order chi connectivity index (χ1) is 4.96. The van der Waals surface area contributed by atoms with Crippen molar-refractivity contribution in [2.45, 2.75) is 52.6 Å². The van der Waals surface area contributed by atoms with Crippen molar-refractivity contribution in [3.8, 4) is 0 Å². The predicted molar refractivity (Wildman–Crippen MR) is 51.6 cm³/mol. The number of halogens is 1. The van der Waals surface area contributed by atoms with E-state index in [9.17, 15) is 0 Å². The molecule has 0 saturated carbocycles. The largest absolute Gasteiger partial charge is 1.00 e. The molecule has 1 nitrogen and oxygen atoms in total. The Morgan fingerprint density at radius 3 is 1.33 bits per heavy atom. The highest BCUT2D eigenvalue weighted by Crippen LogP contribution is 2.17. The topological polar surface area (TPSA) is 0 Å². The summed E-state index contributed by atoms with van der Waals surface area (Å²) in [5.41, 5.74) is 0. The van der Waals surface area contributed by atoms with Gasteiger partial charge >= 0.3 is 0 Å². The first-order valence-corrected chi connectivity index (χ1v) is 4.80. The Morgan fingerprint density at radius 1 is 0.917 bits per heavy atom. The zero-order chi connectivity index (χ0) is 9.07. The van der Waals surface area contributed by atoms with Crippen LogP contribution in [0.5, 0.6) is 0 Å². The fourth-order valence-electron chi connectivity index (χ4n) is 1.38. The zero-order valence-electron chi connectivity index (χ0n) is 9.39. The van der Waals surface area contributed by atoms with Crippen LogP contribution in [0, 0.1) is 0 Å². The van der Waals surface area contributed by atoms with Crippen LogP contribution in [-0.2, 0) is 0 Å². The Hall–Kier alpha value is 0.690. The molecular formula is C10H24IN. The molecule has 0 aromatic carbocycles. The van der Waals surface area contributed by atoms with Gasteiger partial charge in [0.1, 0.15) is 0 Å². The molecule has 0 rings (SSSR count). The van der Waals surface area contributed by atoms with Crippen LogP contribution in [0.1, 0.15) is 40.5 Å². The fraction of sp³-hybridized carbons (Fsp3) is 1.00. The molecule has 0 aliphatic heterocycles. The average Bonchev–Trinajstić information content (AvgIpc) is 2.01. The summed E-state index contributed by atoms with van der Waals surface area (Å²) in [6.45, 7) is 9.22. The van der Waals surface area contributed by atoms with E-state index in [2.05, 4.69) is 41.8 Å². The molecule has 0 aromatic rings. The molecule has 0 spiro atoms. The second kappa shape index (κ2) is 6.19. The summed E-state index contributed by atoms with van der Waals surface area (Å²) in [5.74, 6) is 0. The van der Waals surface area contributed by atoms with Crippen LogP contribution in [0.2, 0.25) is 0 Å². The summed E-state index contributed by atoms with van der Waals surface area (Å²) in [7, 11) is 4.67. The van der Waals surface area contributed by atoms with Crippen molar-refractivity contribution < 1.29 is 28.5 Å². The quantitative estimate of drug-likeness (QED) is 0.490. The smallest absolute Gasteiger partial charge is 0.0856 e. The summed E-state index contributed by atoms with van der Waals surface area (Å²) in [4.78, 5) is 0. The Bertz CT molecular complexity index is 100. The van der Waals surface area contributed by atoms with Gasteiger partial charge in [0, 0.05) is 0 Å². The monoisotopic (exact) mass is 285 g/mol. The van der Waals surface area contributed by atoms with Crippen molar-refractivity contribution >= 4 is 0 Å². The highest BCUT2D eigenvalue weighted by atomic mass is 127. The van der Waals surface area contributed by atoms with Crippen LogP contribution in [0.15, 0.2) is 0 Å². The van der Waals surface area contributed by atoms with Crippen LogP contribution >= 0.6 is 0 Å². The van der Waals surface area contributed by atoms with Gasteiger partial charge < -0.3 is 28.5 Å². The number of hydrogen-bond donors (Lipinski definition) is 0. The standard InChI is InChI=1S/C10H24N.HI/c1-7-9(3)11(5,6)10(4)8-2;/h9-10H,7-8H2,1-6H3;1H/q+1;/p-1. The van der Waals surface area contributed by atoms with Crippen molar-refractivity contribution in [1.29, 1.82) is 0 Å². The van der Waals surface area contributed by atoms with Crippen molar-refractivity contribution in [3.63, 3.8) is 0 Å². The lowest BCUT2D eigenvalue weighted by atomic mass is 10.1. The molecule has 0 bridgehead atoms. The number of hydrogen-bond acceptors (Lipinski definition) is 0. The molecule has 0 radical (unpaired) electrons. The van der Waals surface area contributed by atoms with E-state index in [-0.39, 0.29) is 24.0 Å². The number of quaternary nitrogens is 1. The van der Waals surface area contributed by atoms with Gasteiger partial charge in [0.15, 0.2) is 0 Å². The maximum atomic E-state index is 2.34. The summed E-state index contributed by atoms with van der Waals surface area (Å²) in [6.07, 6.45) is 2.55. The average molecular weight is 285 g/mol. The molecule has 0 aromatic heterocycles. The molecule has 2 unspecified atom stereocenters. The second-order valence-electron chi connectivity index (χ2n) is 4.14. The van der Waals surface area contributed by atoms with E-state index in [1.54, 1.807) is 0 Å². The van der Waals surface area contributed by atoms with Crippen LogP contribution in [0.4, 0.5) is 0 Å². The second-order valence-corrected chi connectivity index (χ2v) is 4.14. The molecule has 2 heteroatoms. The van der Waals surface area contributed by atoms with Crippen LogP contribution in [0.25, 0.3) is 0 Å². The lowest BCUT2D eigenvalue weighted by Gasteiger charge is -2.41. The van der Waals surface area contributed by atoms with Gasteiger partial charge in [-0.1, -0.05) is 13.8 Å². The van der Waals surface area contributed by atoms with Crippen molar-refractivity contribution in [2.24, 2.45) is 0 Å². The minimum atomic E-state index is 0. The predicted octanol–water partition coefficient (Wildman–Crippen LogP) is -0.336. The summed E-state index contributed by atoms with van der Waals surface area (Å²) >= 11 is 0. The van der Waals surface area contributed by atoms with Gasteiger partial charge in [-0.05, 0) is 26.7 Å². The summed E-state index contributed by atoms with van der Waals surface area (Å²) < 4.78 is 1.16. The third-order valence-corrected chi connectivity index (χ3v) is 3.45. The van der Waals surface area contributed by atoms with Gasteiger partial charge in [-0.15, -0.1) is 0 Å². The third-order valence-electron chi connectivity index (χ3n) is 3.45. The van der Waals surface area contributed by atoms with Gasteiger partial charge in [-0.25, -0.2) is 0 Å². The van der Waals surface area contributed by atoms with Gasteiger partial charge in [0.05, 0.1) is 26.2 Å². The first-order valence-electron chi connectivity index (χ1n) is 4.80. The minimum Gasteiger partial charge on any atom is -1.00 e. The van der Waals surface area contributed by atoms with Gasteiger partial charge in [0.2, 0.25) is 0 Å². The SMILES string of the molecule is CCC(C)[N+](C)(C)C(C)CC.[I-]. The molecule has 0 amide bonds. The molecule has 0 saturated heterocycles. The number of rotatable bonds is 4. The Balaban J connectivity index is 0. The Morgan fingerprint density at radius 2 is 1.17 bits per heavy atom. The fourth-order valence-corrected chi connectivity index (χ4v) is 1.38. The van der Waals surface area contributed by atoms with E-state index in [1.807, 2.05) is 0 Å². The first kappa shape index (κ1) is 15.2.